The molecule has 0 saturated heterocycles. The summed E-state index contributed by atoms with van der Waals surface area (Å²) in [5.41, 5.74) is 0. The lowest BCUT2D eigenvalue weighted by atomic mass is 10.9. The summed E-state index contributed by atoms with van der Waals surface area (Å²) in [5.74, 6) is 0. The highest BCUT2D eigenvalue weighted by Crippen LogP contribution is 1.84. The van der Waals surface area contributed by atoms with Gasteiger partial charge in [0.15, 0.2) is 0 Å². The van der Waals surface area contributed by atoms with Crippen molar-refractivity contribution in [3.63, 3.8) is 0 Å². The van der Waals surface area contributed by atoms with Crippen molar-refractivity contribution in [2.45, 2.75) is 6.92 Å². The number of hydrogen-bond donors (Lipinski definition) is 0. The second-order valence-corrected chi connectivity index (χ2v) is 1.54. The van der Waals surface area contributed by atoms with E-state index in [9.17, 15) is 4.79 Å². The fourth-order valence-corrected chi connectivity index (χ4v) is 0.492. The lowest BCUT2D eigenvalue weighted by molar-refractivity contribution is 0.150. The molecule has 0 aliphatic carbocycles. The highest BCUT2D eigenvalue weighted by atomic mass is 16.5. The van der Waals surface area contributed by atoms with E-state index < -0.39 is 6.09 Å². The Morgan fingerprint density at radius 1 is 1.80 bits per heavy atom. The Balaban J connectivity index is 2.59. The lowest BCUT2D eigenvalue weighted by Crippen LogP contribution is -2.13. The Labute approximate surface area is 57.6 Å². The van der Waals surface area contributed by atoms with Crippen LogP contribution >= 0.6 is 0 Å². The van der Waals surface area contributed by atoms with Crippen molar-refractivity contribution in [1.29, 1.82) is 0 Å². The van der Waals surface area contributed by atoms with Gasteiger partial charge >= 0.3 is 6.09 Å². The van der Waals surface area contributed by atoms with Crippen LogP contribution in [-0.4, -0.2) is 27.5 Å². The molecule has 0 atom stereocenters. The maximum atomic E-state index is 10.7. The quantitative estimate of drug-likeness (QED) is 0.563. The van der Waals surface area contributed by atoms with Gasteiger partial charge in [0.05, 0.1) is 6.61 Å². The van der Waals surface area contributed by atoms with Gasteiger partial charge in [0, 0.05) is 0 Å². The summed E-state index contributed by atoms with van der Waals surface area (Å²) in [6.07, 6.45) is 2.06. The second-order valence-electron chi connectivity index (χ2n) is 1.54. The van der Waals surface area contributed by atoms with E-state index in [1.807, 2.05) is 0 Å². The molecule has 0 radical (unpaired) electrons. The van der Waals surface area contributed by atoms with Crippen molar-refractivity contribution in [2.75, 3.05) is 6.61 Å². The number of carbonyl (C=O) groups excluding carboxylic acids is 1. The van der Waals surface area contributed by atoms with Crippen molar-refractivity contribution in [2.24, 2.45) is 0 Å². The van der Waals surface area contributed by atoms with Gasteiger partial charge in [-0.25, -0.2) is 9.78 Å². The van der Waals surface area contributed by atoms with Crippen LogP contribution in [0.3, 0.4) is 0 Å². The summed E-state index contributed by atoms with van der Waals surface area (Å²) < 4.78 is 5.64. The minimum absolute atomic E-state index is 0.346. The third-order valence-corrected chi connectivity index (χ3v) is 0.874. The van der Waals surface area contributed by atoms with E-state index in [1.165, 1.54) is 12.7 Å². The van der Waals surface area contributed by atoms with Crippen LogP contribution in [0.25, 0.3) is 0 Å². The van der Waals surface area contributed by atoms with E-state index in [1.54, 1.807) is 6.92 Å². The minimum Gasteiger partial charge on any atom is -0.448 e. The summed E-state index contributed by atoms with van der Waals surface area (Å²) in [4.78, 5) is 14.3. The molecule has 0 saturated carbocycles. The van der Waals surface area contributed by atoms with Crippen LogP contribution < -0.4 is 0 Å². The number of rotatable bonds is 1. The zero-order valence-electron chi connectivity index (χ0n) is 5.52. The lowest BCUT2D eigenvalue weighted by Gasteiger charge is -1.97. The highest BCUT2D eigenvalue weighted by Gasteiger charge is 2.02. The van der Waals surface area contributed by atoms with E-state index in [2.05, 4.69) is 14.8 Å². The molecular weight excluding hydrogens is 134 g/mol. The van der Waals surface area contributed by atoms with Gasteiger partial charge in [-0.3, -0.25) is 0 Å². The Kier molecular flexibility index (Phi) is 1.99. The summed E-state index contributed by atoms with van der Waals surface area (Å²) in [5, 5.41) is 3.57. The molecule has 0 N–H and O–H groups in total. The van der Waals surface area contributed by atoms with E-state index >= 15 is 0 Å². The van der Waals surface area contributed by atoms with Gasteiger partial charge in [-0.15, -0.1) is 5.10 Å². The second kappa shape index (κ2) is 2.95. The zero-order chi connectivity index (χ0) is 7.40. The van der Waals surface area contributed by atoms with E-state index in [0.717, 1.165) is 4.68 Å². The summed E-state index contributed by atoms with van der Waals surface area (Å²) >= 11 is 0. The topological polar surface area (TPSA) is 57.0 Å². The normalized spacial score (nSPS) is 9.30. The number of aromatic nitrogens is 3. The molecule has 1 rings (SSSR count). The smallest absolute Gasteiger partial charge is 0.436 e. The average Bonchev–Trinajstić information content (AvgIpc) is 2.38. The van der Waals surface area contributed by atoms with Gasteiger partial charge in [-0.1, -0.05) is 0 Å². The van der Waals surface area contributed by atoms with Gasteiger partial charge < -0.3 is 4.74 Å². The minimum atomic E-state index is -0.500. The van der Waals surface area contributed by atoms with Crippen LogP contribution in [0.1, 0.15) is 6.92 Å². The van der Waals surface area contributed by atoms with Gasteiger partial charge in [-0.2, -0.15) is 4.68 Å². The van der Waals surface area contributed by atoms with Crippen molar-refractivity contribution >= 4 is 6.09 Å². The van der Waals surface area contributed by atoms with Gasteiger partial charge in [0.2, 0.25) is 0 Å². The van der Waals surface area contributed by atoms with E-state index in [-0.39, 0.29) is 0 Å². The first-order chi connectivity index (χ1) is 4.84. The molecule has 10 heavy (non-hydrogen) atoms. The largest absolute Gasteiger partial charge is 0.448 e. The first kappa shape index (κ1) is 6.73. The highest BCUT2D eigenvalue weighted by molar-refractivity contribution is 5.68. The molecule has 1 heterocycles. The van der Waals surface area contributed by atoms with Gasteiger partial charge in [0.25, 0.3) is 0 Å². The number of carbonyl (C=O) groups is 1. The summed E-state index contributed by atoms with van der Waals surface area (Å²) in [6.45, 7) is 2.08. The Morgan fingerprint density at radius 2 is 2.60 bits per heavy atom. The number of hydrogen-bond acceptors (Lipinski definition) is 4. The zero-order valence-corrected chi connectivity index (χ0v) is 5.52. The van der Waals surface area contributed by atoms with E-state index in [0.29, 0.717) is 6.61 Å². The van der Waals surface area contributed by atoms with Crippen molar-refractivity contribution in [3.05, 3.63) is 12.7 Å². The molecule has 0 aliphatic heterocycles. The molecule has 0 spiro atoms. The molecule has 0 aromatic carbocycles. The summed E-state index contributed by atoms with van der Waals surface area (Å²) in [7, 11) is 0. The Hall–Kier alpha value is -1.39. The molecule has 0 fully saturated rings. The first-order valence-electron chi connectivity index (χ1n) is 2.86. The fourth-order valence-electron chi connectivity index (χ4n) is 0.492. The van der Waals surface area contributed by atoms with Crippen LogP contribution in [0.5, 0.6) is 0 Å². The Morgan fingerprint density at radius 3 is 3.10 bits per heavy atom. The number of nitrogens with zero attached hydrogens (tertiary/aromatic N) is 3. The van der Waals surface area contributed by atoms with Gasteiger partial charge in [-0.05, 0) is 6.92 Å². The predicted molar refractivity (Wildman–Crippen MR) is 32.4 cm³/mol. The van der Waals surface area contributed by atoms with Crippen LogP contribution in [0.15, 0.2) is 12.7 Å². The fraction of sp³-hybridized carbons (Fsp3) is 0.400. The van der Waals surface area contributed by atoms with Crippen LogP contribution in [0.2, 0.25) is 0 Å². The average molecular weight is 141 g/mol. The standard InChI is InChI=1S/C5H7N3O2/c1-2-10-5(9)8-4-6-3-7-8/h3-4H,2H2,1H3. The molecule has 1 aromatic rings. The van der Waals surface area contributed by atoms with Crippen molar-refractivity contribution < 1.29 is 9.53 Å². The number of ether oxygens (including phenoxy) is 1. The maximum Gasteiger partial charge on any atom is 0.436 e. The van der Waals surface area contributed by atoms with Crippen LogP contribution in [-0.2, 0) is 4.74 Å². The van der Waals surface area contributed by atoms with Gasteiger partial charge in [0.1, 0.15) is 12.7 Å². The molecule has 5 nitrogen and oxygen atoms in total. The molecule has 1 aromatic heterocycles. The summed E-state index contributed by atoms with van der Waals surface area (Å²) in [6, 6.07) is 0. The maximum absolute atomic E-state index is 10.7. The Bertz CT molecular complexity index is 207. The monoisotopic (exact) mass is 141 g/mol. The molecule has 5 heteroatoms. The molecule has 0 bridgehead atoms. The molecule has 0 amide bonds. The van der Waals surface area contributed by atoms with Crippen molar-refractivity contribution in [1.82, 2.24) is 14.8 Å². The first-order valence-corrected chi connectivity index (χ1v) is 2.86. The third kappa shape index (κ3) is 1.31. The third-order valence-electron chi connectivity index (χ3n) is 0.874. The van der Waals surface area contributed by atoms with Crippen LogP contribution in [0, 0.1) is 0 Å². The predicted octanol–water partition coefficient (Wildman–Crippen LogP) is 0.283. The molecule has 0 unspecified atom stereocenters. The molecule has 54 valence electrons. The molecular formula is C5H7N3O2. The van der Waals surface area contributed by atoms with Crippen molar-refractivity contribution in [3.8, 4) is 0 Å². The van der Waals surface area contributed by atoms with E-state index in [4.69, 9.17) is 0 Å². The SMILES string of the molecule is CCOC(=O)n1cncn1. The van der Waals surface area contributed by atoms with Crippen LogP contribution in [0.4, 0.5) is 4.79 Å². The molecule has 0 aliphatic rings.